The maximum atomic E-state index is 6.14. The molecule has 3 rings (SSSR count). The highest BCUT2D eigenvalue weighted by Crippen LogP contribution is 2.34. The van der Waals surface area contributed by atoms with Gasteiger partial charge in [-0.25, -0.2) is 0 Å². The number of nitrogens with zero attached hydrogens (tertiary/aromatic N) is 2. The first-order chi connectivity index (χ1) is 10.1. The first-order valence-electron chi connectivity index (χ1n) is 8.02. The van der Waals surface area contributed by atoms with E-state index in [1.165, 1.54) is 23.2 Å². The van der Waals surface area contributed by atoms with Crippen LogP contribution in [0.25, 0.3) is 0 Å². The Labute approximate surface area is 132 Å². The van der Waals surface area contributed by atoms with E-state index >= 15 is 0 Å². The molecule has 0 bridgehead atoms. The van der Waals surface area contributed by atoms with Gasteiger partial charge in [0.1, 0.15) is 0 Å². The standard InChI is InChI=1S/C17H27N3S/c1-12-10-20(11-13(2)21-12)17(9-18)14-4-5-16-15(8-14)6-7-19(16)3/h4-5,8,12-13,17H,6-7,9-11,18H2,1-3H3. The summed E-state index contributed by atoms with van der Waals surface area (Å²) in [5.74, 6) is 0. The Hall–Kier alpha value is -0.710. The second-order valence-electron chi connectivity index (χ2n) is 6.52. The lowest BCUT2D eigenvalue weighted by atomic mass is 10.0. The summed E-state index contributed by atoms with van der Waals surface area (Å²) < 4.78 is 0. The van der Waals surface area contributed by atoms with Gasteiger partial charge < -0.3 is 10.6 Å². The zero-order valence-corrected chi connectivity index (χ0v) is 14.2. The number of thioether (sulfide) groups is 1. The van der Waals surface area contributed by atoms with Crippen molar-refractivity contribution >= 4 is 17.4 Å². The van der Waals surface area contributed by atoms with Gasteiger partial charge in [0.25, 0.3) is 0 Å². The van der Waals surface area contributed by atoms with Gasteiger partial charge in [-0.15, -0.1) is 0 Å². The van der Waals surface area contributed by atoms with Crippen LogP contribution in [0.4, 0.5) is 5.69 Å². The Morgan fingerprint density at radius 2 is 2.00 bits per heavy atom. The molecule has 2 heterocycles. The third-order valence-electron chi connectivity index (χ3n) is 4.73. The highest BCUT2D eigenvalue weighted by molar-refractivity contribution is 8.00. The van der Waals surface area contributed by atoms with Crippen LogP contribution in [0.1, 0.15) is 31.0 Å². The highest BCUT2D eigenvalue weighted by Gasteiger charge is 2.29. The molecule has 4 heteroatoms. The van der Waals surface area contributed by atoms with Crippen LogP contribution in [0.5, 0.6) is 0 Å². The molecule has 2 aliphatic heterocycles. The van der Waals surface area contributed by atoms with E-state index in [2.05, 4.69) is 60.7 Å². The largest absolute Gasteiger partial charge is 0.374 e. The summed E-state index contributed by atoms with van der Waals surface area (Å²) in [5, 5.41) is 1.40. The van der Waals surface area contributed by atoms with Crippen molar-refractivity contribution < 1.29 is 0 Å². The number of benzene rings is 1. The van der Waals surface area contributed by atoms with Crippen LogP contribution in [0, 0.1) is 0 Å². The van der Waals surface area contributed by atoms with Crippen LogP contribution in [0.2, 0.25) is 0 Å². The fraction of sp³-hybridized carbons (Fsp3) is 0.647. The lowest BCUT2D eigenvalue weighted by molar-refractivity contribution is 0.199. The highest BCUT2D eigenvalue weighted by atomic mass is 32.2. The second-order valence-corrected chi connectivity index (χ2v) is 8.40. The maximum Gasteiger partial charge on any atom is 0.0471 e. The molecule has 1 saturated heterocycles. The van der Waals surface area contributed by atoms with E-state index in [0.717, 1.165) is 19.6 Å². The average Bonchev–Trinajstić information content (AvgIpc) is 2.80. The first-order valence-corrected chi connectivity index (χ1v) is 8.96. The minimum absolute atomic E-state index is 0.368. The van der Waals surface area contributed by atoms with E-state index in [0.29, 0.717) is 23.1 Å². The molecule has 0 saturated carbocycles. The third-order valence-corrected chi connectivity index (χ3v) is 5.96. The number of anilines is 1. The molecular formula is C17H27N3S. The van der Waals surface area contributed by atoms with Gasteiger partial charge in [0.05, 0.1) is 0 Å². The Morgan fingerprint density at radius 3 is 2.67 bits per heavy atom. The SMILES string of the molecule is CC1CN(C(CN)c2ccc3c(c2)CCN3C)CC(C)S1. The van der Waals surface area contributed by atoms with Crippen LogP contribution in [0.15, 0.2) is 18.2 Å². The molecule has 0 spiro atoms. The summed E-state index contributed by atoms with van der Waals surface area (Å²) in [4.78, 5) is 4.93. The number of likely N-dealkylation sites (N-methyl/N-ethyl adjacent to an activating group) is 1. The average molecular weight is 305 g/mol. The van der Waals surface area contributed by atoms with Gasteiger partial charge in [-0.1, -0.05) is 26.0 Å². The molecule has 0 aliphatic carbocycles. The number of hydrogen-bond donors (Lipinski definition) is 1. The van der Waals surface area contributed by atoms with Crippen molar-refractivity contribution in [1.82, 2.24) is 4.90 Å². The van der Waals surface area contributed by atoms with E-state index in [1.807, 2.05) is 0 Å². The molecule has 116 valence electrons. The summed E-state index contributed by atoms with van der Waals surface area (Å²) in [5.41, 5.74) is 10.4. The fourth-order valence-corrected chi connectivity index (χ4v) is 5.11. The molecule has 3 unspecified atom stereocenters. The van der Waals surface area contributed by atoms with Gasteiger partial charge in [0, 0.05) is 55.5 Å². The predicted molar refractivity (Wildman–Crippen MR) is 93.3 cm³/mol. The Bertz CT molecular complexity index is 495. The molecule has 1 aromatic carbocycles. The van der Waals surface area contributed by atoms with E-state index in [4.69, 9.17) is 5.73 Å². The van der Waals surface area contributed by atoms with Gasteiger partial charge in [-0.05, 0) is 23.6 Å². The molecule has 1 aromatic rings. The van der Waals surface area contributed by atoms with Crippen molar-refractivity contribution in [2.45, 2.75) is 36.8 Å². The lowest BCUT2D eigenvalue weighted by Gasteiger charge is -2.39. The summed E-state index contributed by atoms with van der Waals surface area (Å²) in [6.45, 7) is 8.80. The van der Waals surface area contributed by atoms with E-state index < -0.39 is 0 Å². The van der Waals surface area contributed by atoms with E-state index in [-0.39, 0.29) is 0 Å². The van der Waals surface area contributed by atoms with Crippen LogP contribution in [0.3, 0.4) is 0 Å². The third kappa shape index (κ3) is 3.08. The number of nitrogens with two attached hydrogens (primary N) is 1. The fourth-order valence-electron chi connectivity index (χ4n) is 3.76. The van der Waals surface area contributed by atoms with Crippen LogP contribution >= 0.6 is 11.8 Å². The minimum atomic E-state index is 0.368. The minimum Gasteiger partial charge on any atom is -0.374 e. The summed E-state index contributed by atoms with van der Waals surface area (Å²) in [6, 6.07) is 7.33. The quantitative estimate of drug-likeness (QED) is 0.930. The summed E-state index contributed by atoms with van der Waals surface area (Å²) in [6.07, 6.45) is 1.17. The molecule has 21 heavy (non-hydrogen) atoms. The molecule has 3 atom stereocenters. The molecule has 2 aliphatic rings. The van der Waals surface area contributed by atoms with Crippen molar-refractivity contribution in [3.63, 3.8) is 0 Å². The summed E-state index contributed by atoms with van der Waals surface area (Å²) in [7, 11) is 2.18. The van der Waals surface area contributed by atoms with E-state index in [1.54, 1.807) is 0 Å². The molecule has 1 fully saturated rings. The lowest BCUT2D eigenvalue weighted by Crippen LogP contribution is -2.44. The number of fused-ring (bicyclic) bond motifs is 1. The molecule has 0 amide bonds. The van der Waals surface area contributed by atoms with Crippen molar-refractivity contribution in [3.8, 4) is 0 Å². The van der Waals surface area contributed by atoms with Gasteiger partial charge in [-0.3, -0.25) is 4.90 Å². The Morgan fingerprint density at radius 1 is 1.29 bits per heavy atom. The molecule has 3 nitrogen and oxygen atoms in total. The monoisotopic (exact) mass is 305 g/mol. The van der Waals surface area contributed by atoms with Crippen LogP contribution in [-0.4, -0.2) is 48.6 Å². The molecule has 0 radical (unpaired) electrons. The Balaban J connectivity index is 1.83. The van der Waals surface area contributed by atoms with Crippen LogP contribution < -0.4 is 10.6 Å². The van der Waals surface area contributed by atoms with Crippen molar-refractivity contribution in [2.75, 3.05) is 38.1 Å². The smallest absolute Gasteiger partial charge is 0.0471 e. The molecule has 0 aromatic heterocycles. The maximum absolute atomic E-state index is 6.14. The van der Waals surface area contributed by atoms with Gasteiger partial charge >= 0.3 is 0 Å². The van der Waals surface area contributed by atoms with Crippen molar-refractivity contribution in [2.24, 2.45) is 5.73 Å². The Kier molecular flexibility index (Phi) is 4.48. The number of hydrogen-bond acceptors (Lipinski definition) is 4. The normalized spacial score (nSPS) is 27.7. The first kappa shape index (κ1) is 15.2. The zero-order chi connectivity index (χ0) is 15.0. The van der Waals surface area contributed by atoms with Crippen molar-refractivity contribution in [3.05, 3.63) is 29.3 Å². The number of rotatable bonds is 3. The van der Waals surface area contributed by atoms with Crippen molar-refractivity contribution in [1.29, 1.82) is 0 Å². The summed E-state index contributed by atoms with van der Waals surface area (Å²) >= 11 is 2.10. The van der Waals surface area contributed by atoms with Gasteiger partial charge in [0.2, 0.25) is 0 Å². The van der Waals surface area contributed by atoms with Crippen LogP contribution in [-0.2, 0) is 6.42 Å². The van der Waals surface area contributed by atoms with E-state index in [9.17, 15) is 0 Å². The van der Waals surface area contributed by atoms with Gasteiger partial charge in [0.15, 0.2) is 0 Å². The van der Waals surface area contributed by atoms with Gasteiger partial charge in [-0.2, -0.15) is 11.8 Å². The predicted octanol–water partition coefficient (Wildman–Crippen LogP) is 2.50. The molecular weight excluding hydrogens is 278 g/mol. The topological polar surface area (TPSA) is 32.5 Å². The zero-order valence-electron chi connectivity index (χ0n) is 13.4. The molecule has 2 N–H and O–H groups in total. The second kappa shape index (κ2) is 6.19.